The number of hydrogen-bond donors (Lipinski definition) is 2. The maximum absolute atomic E-state index is 13.5. The van der Waals surface area contributed by atoms with Gasteiger partial charge < -0.3 is 5.11 Å². The number of nitroso groups, excluding NO2 is 1. The summed E-state index contributed by atoms with van der Waals surface area (Å²) in [4.78, 5) is 26.1. The molecule has 1 atom stereocenters. The van der Waals surface area contributed by atoms with E-state index in [-0.39, 0.29) is 17.7 Å². The van der Waals surface area contributed by atoms with Crippen molar-refractivity contribution in [1.29, 1.82) is 5.26 Å². The van der Waals surface area contributed by atoms with Crippen molar-refractivity contribution < 1.29 is 23.1 Å². The number of nitrogens with one attached hydrogen (secondary N) is 1. The largest absolute Gasteiger partial charge is 0.480 e. The zero-order valence-electron chi connectivity index (χ0n) is 17.2. The van der Waals surface area contributed by atoms with Crippen LogP contribution in [0.4, 0.5) is 13.2 Å². The van der Waals surface area contributed by atoms with Crippen LogP contribution in [-0.2, 0) is 30.4 Å². The first-order valence-electron chi connectivity index (χ1n) is 9.51. The van der Waals surface area contributed by atoms with Gasteiger partial charge in [0.15, 0.2) is 0 Å². The van der Waals surface area contributed by atoms with Gasteiger partial charge in [0.2, 0.25) is 0 Å². The first-order chi connectivity index (χ1) is 15.0. The van der Waals surface area contributed by atoms with Crippen LogP contribution in [0.3, 0.4) is 0 Å². The second-order valence-corrected chi connectivity index (χ2v) is 7.38. The molecule has 32 heavy (non-hydrogen) atoms. The number of alkyl halides is 3. The van der Waals surface area contributed by atoms with E-state index >= 15 is 0 Å². The van der Waals surface area contributed by atoms with Crippen molar-refractivity contribution in [3.8, 4) is 6.07 Å². The molecule has 0 aliphatic rings. The van der Waals surface area contributed by atoms with E-state index in [1.165, 1.54) is 19.2 Å². The first kappa shape index (κ1) is 24.7. The fourth-order valence-electron chi connectivity index (χ4n) is 3.10. The molecular formula is C22H21F3N4O3. The molecule has 0 aliphatic carbocycles. The zero-order valence-corrected chi connectivity index (χ0v) is 17.2. The molecule has 1 aromatic heterocycles. The normalized spacial score (nSPS) is 13.1. The van der Waals surface area contributed by atoms with E-state index in [1.54, 1.807) is 12.3 Å². The standard InChI is InChI=1S/C22H21F3N4O3/c1-3-16-7-17(5-4-14-6-15(9-26)11-27-10-14)18(8-19(16)22(23,24)25)12-28-21(2,13-29-32)20(30)31/h3,6-8,10-11,28H,1,4-5,12-13H2,2H3,(H,30,31). The lowest BCUT2D eigenvalue weighted by molar-refractivity contribution is -0.144. The summed E-state index contributed by atoms with van der Waals surface area (Å²) < 4.78 is 40.6. The van der Waals surface area contributed by atoms with Crippen molar-refractivity contribution in [3.05, 3.63) is 75.5 Å². The summed E-state index contributed by atoms with van der Waals surface area (Å²) in [6.07, 6.45) is 0.141. The Bertz CT molecular complexity index is 1060. The topological polar surface area (TPSA) is 115 Å². The number of aryl methyl sites for hydroxylation is 2. The van der Waals surface area contributed by atoms with Crippen LogP contribution in [0.15, 0.2) is 42.3 Å². The number of carboxylic acids is 1. The Morgan fingerprint density at radius 1 is 1.28 bits per heavy atom. The van der Waals surface area contributed by atoms with Gasteiger partial charge in [0.1, 0.15) is 18.2 Å². The van der Waals surface area contributed by atoms with Crippen LogP contribution in [-0.4, -0.2) is 28.1 Å². The molecule has 0 fully saturated rings. The van der Waals surface area contributed by atoms with E-state index < -0.39 is 29.8 Å². The quantitative estimate of drug-likeness (QED) is 0.531. The number of carboxylic acid groups (broad SMARTS) is 1. The number of hydrogen-bond acceptors (Lipinski definition) is 6. The Morgan fingerprint density at radius 2 is 2.00 bits per heavy atom. The second-order valence-electron chi connectivity index (χ2n) is 7.38. The van der Waals surface area contributed by atoms with Crippen LogP contribution >= 0.6 is 0 Å². The number of rotatable bonds is 10. The summed E-state index contributed by atoms with van der Waals surface area (Å²) in [6, 6.07) is 5.94. The third-order valence-electron chi connectivity index (χ3n) is 5.03. The Labute approximate surface area is 182 Å². The molecular weight excluding hydrogens is 425 g/mol. The average Bonchev–Trinajstić information content (AvgIpc) is 2.75. The van der Waals surface area contributed by atoms with Gasteiger partial charge >= 0.3 is 12.1 Å². The molecule has 2 aromatic rings. The Kier molecular flexibility index (Phi) is 7.83. The van der Waals surface area contributed by atoms with E-state index in [9.17, 15) is 28.0 Å². The van der Waals surface area contributed by atoms with Crippen molar-refractivity contribution in [2.45, 2.75) is 38.0 Å². The number of benzene rings is 1. The molecule has 0 saturated heterocycles. The average molecular weight is 446 g/mol. The summed E-state index contributed by atoms with van der Waals surface area (Å²) in [5, 5.41) is 23.7. The van der Waals surface area contributed by atoms with Crippen molar-refractivity contribution in [1.82, 2.24) is 10.3 Å². The summed E-state index contributed by atoms with van der Waals surface area (Å²) in [5.74, 6) is -1.35. The molecule has 1 unspecified atom stereocenters. The lowest BCUT2D eigenvalue weighted by Gasteiger charge is -2.25. The van der Waals surface area contributed by atoms with Gasteiger partial charge in [0, 0.05) is 18.9 Å². The summed E-state index contributed by atoms with van der Waals surface area (Å²) >= 11 is 0. The highest BCUT2D eigenvalue weighted by Crippen LogP contribution is 2.35. The van der Waals surface area contributed by atoms with Crippen molar-refractivity contribution in [2.24, 2.45) is 5.18 Å². The van der Waals surface area contributed by atoms with Crippen molar-refractivity contribution in [2.75, 3.05) is 6.54 Å². The van der Waals surface area contributed by atoms with Crippen LogP contribution in [0, 0.1) is 16.2 Å². The van der Waals surface area contributed by atoms with Gasteiger partial charge in [-0.2, -0.15) is 23.3 Å². The van der Waals surface area contributed by atoms with Gasteiger partial charge in [-0.25, -0.2) is 0 Å². The number of aromatic nitrogens is 1. The highest BCUT2D eigenvalue weighted by atomic mass is 19.4. The minimum absolute atomic E-state index is 0.101. The Balaban J connectivity index is 2.43. The summed E-state index contributed by atoms with van der Waals surface area (Å²) in [5.41, 5.74) is -0.882. The molecule has 1 heterocycles. The number of pyridine rings is 1. The minimum atomic E-state index is -4.64. The Morgan fingerprint density at radius 3 is 2.56 bits per heavy atom. The van der Waals surface area contributed by atoms with Crippen LogP contribution in [0.25, 0.3) is 6.08 Å². The van der Waals surface area contributed by atoms with Crippen LogP contribution in [0.2, 0.25) is 0 Å². The zero-order chi connectivity index (χ0) is 23.9. The third kappa shape index (κ3) is 5.98. The third-order valence-corrected chi connectivity index (χ3v) is 5.03. The molecule has 168 valence electrons. The predicted molar refractivity (Wildman–Crippen MR) is 111 cm³/mol. The number of nitrogens with zero attached hydrogens (tertiary/aromatic N) is 3. The number of nitriles is 1. The lowest BCUT2D eigenvalue weighted by atomic mass is 9.93. The molecule has 0 aliphatic heterocycles. The molecule has 0 bridgehead atoms. The predicted octanol–water partition coefficient (Wildman–Crippen LogP) is 4.10. The van der Waals surface area contributed by atoms with Gasteiger partial charge in [-0.05, 0) is 54.2 Å². The smallest absolute Gasteiger partial charge is 0.416 e. The van der Waals surface area contributed by atoms with Crippen LogP contribution in [0.1, 0.15) is 40.3 Å². The SMILES string of the molecule is C=Cc1cc(CCc2cncc(C#N)c2)c(CNC(C)(CN=O)C(=O)O)cc1C(F)(F)F. The number of halogens is 3. The molecule has 2 rings (SSSR count). The number of aliphatic carboxylic acids is 1. The molecule has 0 spiro atoms. The van der Waals surface area contributed by atoms with E-state index in [0.29, 0.717) is 24.0 Å². The molecule has 7 nitrogen and oxygen atoms in total. The maximum atomic E-state index is 13.5. The van der Waals surface area contributed by atoms with Gasteiger partial charge in [0.05, 0.1) is 11.1 Å². The van der Waals surface area contributed by atoms with E-state index in [4.69, 9.17) is 5.26 Å². The van der Waals surface area contributed by atoms with E-state index in [0.717, 1.165) is 17.7 Å². The molecule has 2 N–H and O–H groups in total. The van der Waals surface area contributed by atoms with E-state index in [2.05, 4.69) is 22.1 Å². The fourth-order valence-corrected chi connectivity index (χ4v) is 3.10. The first-order valence-corrected chi connectivity index (χ1v) is 9.51. The molecule has 0 radical (unpaired) electrons. The van der Waals surface area contributed by atoms with Crippen LogP contribution < -0.4 is 5.32 Å². The van der Waals surface area contributed by atoms with Gasteiger partial charge in [0.25, 0.3) is 0 Å². The van der Waals surface area contributed by atoms with Gasteiger partial charge in [-0.1, -0.05) is 23.9 Å². The molecule has 1 aromatic carbocycles. The van der Waals surface area contributed by atoms with Crippen molar-refractivity contribution in [3.63, 3.8) is 0 Å². The molecule has 0 amide bonds. The monoisotopic (exact) mass is 446 g/mol. The summed E-state index contributed by atoms with van der Waals surface area (Å²) in [7, 11) is 0. The maximum Gasteiger partial charge on any atom is 0.416 e. The highest BCUT2D eigenvalue weighted by Gasteiger charge is 2.35. The Hall–Kier alpha value is -3.58. The second kappa shape index (κ2) is 10.2. The van der Waals surface area contributed by atoms with Crippen molar-refractivity contribution >= 4 is 12.0 Å². The summed E-state index contributed by atoms with van der Waals surface area (Å²) in [6.45, 7) is 3.87. The van der Waals surface area contributed by atoms with Crippen LogP contribution in [0.5, 0.6) is 0 Å². The number of carbonyl (C=O) groups is 1. The fraction of sp³-hybridized carbons (Fsp3) is 0.318. The van der Waals surface area contributed by atoms with Gasteiger partial charge in [-0.3, -0.25) is 15.1 Å². The minimum Gasteiger partial charge on any atom is -0.480 e. The lowest BCUT2D eigenvalue weighted by Crippen LogP contribution is -2.51. The molecule has 10 heteroatoms. The van der Waals surface area contributed by atoms with Gasteiger partial charge in [-0.15, -0.1) is 0 Å². The molecule has 0 saturated carbocycles. The highest BCUT2D eigenvalue weighted by molar-refractivity contribution is 5.78. The van der Waals surface area contributed by atoms with E-state index in [1.807, 2.05) is 6.07 Å².